The molecule has 0 saturated heterocycles. The highest BCUT2D eigenvalue weighted by Gasteiger charge is 2.20. The van der Waals surface area contributed by atoms with Crippen molar-refractivity contribution in [2.24, 2.45) is 0 Å². The van der Waals surface area contributed by atoms with Crippen LogP contribution in [0.25, 0.3) is 71.3 Å². The van der Waals surface area contributed by atoms with E-state index in [1.165, 1.54) is 65.6 Å². The van der Waals surface area contributed by atoms with Crippen LogP contribution in [0.4, 0.5) is 17.1 Å². The fraction of sp³-hybridized carbons (Fsp3) is 0. The van der Waals surface area contributed by atoms with Gasteiger partial charge in [-0.15, -0.1) is 0 Å². The summed E-state index contributed by atoms with van der Waals surface area (Å²) in [4.78, 5) is 2.35. The molecule has 0 aliphatic heterocycles. The first-order chi connectivity index (χ1) is 24.8. The zero-order valence-corrected chi connectivity index (χ0v) is 27.4. The van der Waals surface area contributed by atoms with E-state index in [1.807, 2.05) is 0 Å². The molecule has 9 aromatic carbocycles. The molecule has 50 heavy (non-hydrogen) atoms. The normalized spacial score (nSPS) is 11.6. The predicted molar refractivity (Wildman–Crippen MR) is 213 cm³/mol. The lowest BCUT2D eigenvalue weighted by atomic mass is 9.95. The lowest BCUT2D eigenvalue weighted by molar-refractivity contribution is 1.17. The Balaban J connectivity index is 1.11. The molecule has 0 unspecified atom stereocenters. The standard InChI is InChI=1S/C48H32N2/c1-3-11-33(12-4-1)35-21-25-37(26-22-35)49(38-27-23-36(24-28-38)34-13-5-2-6-14-34)39-29-31-40(32-30-39)50-45-19-9-17-43-41-15-7-8-16-42(41)44-18-10-20-46(50)48(44)47(43)45/h1-32H. The number of fused-ring (bicyclic) bond motifs is 3. The van der Waals surface area contributed by atoms with E-state index >= 15 is 0 Å². The van der Waals surface area contributed by atoms with Gasteiger partial charge in [-0.25, -0.2) is 0 Å². The summed E-state index contributed by atoms with van der Waals surface area (Å²) in [6.07, 6.45) is 0. The molecule has 2 nitrogen and oxygen atoms in total. The van der Waals surface area contributed by atoms with Crippen LogP contribution in [0.1, 0.15) is 0 Å². The Labute approximate surface area is 291 Å². The van der Waals surface area contributed by atoms with E-state index < -0.39 is 0 Å². The zero-order chi connectivity index (χ0) is 33.0. The number of hydrogen-bond acceptors (Lipinski definition) is 1. The van der Waals surface area contributed by atoms with Crippen molar-refractivity contribution in [1.82, 2.24) is 4.57 Å². The Hall–Kier alpha value is -6.64. The molecule has 0 N–H and O–H groups in total. The Morgan fingerprint density at radius 2 is 0.640 bits per heavy atom. The van der Waals surface area contributed by atoms with Crippen LogP contribution in [-0.4, -0.2) is 4.57 Å². The molecule has 0 saturated carbocycles. The molecule has 1 heterocycles. The van der Waals surface area contributed by atoms with Crippen molar-refractivity contribution in [2.45, 2.75) is 0 Å². The van der Waals surface area contributed by atoms with Gasteiger partial charge in [-0.2, -0.15) is 0 Å². The van der Waals surface area contributed by atoms with E-state index in [0.29, 0.717) is 0 Å². The van der Waals surface area contributed by atoms with E-state index in [2.05, 4.69) is 204 Å². The Morgan fingerprint density at radius 3 is 1.08 bits per heavy atom. The minimum absolute atomic E-state index is 1.10. The third-order valence-electron chi connectivity index (χ3n) is 10.2. The van der Waals surface area contributed by atoms with Crippen LogP contribution >= 0.6 is 0 Å². The van der Waals surface area contributed by atoms with E-state index in [4.69, 9.17) is 0 Å². The van der Waals surface area contributed by atoms with Gasteiger partial charge < -0.3 is 9.47 Å². The summed E-state index contributed by atoms with van der Waals surface area (Å²) in [5.41, 5.74) is 11.8. The average molecular weight is 637 g/mol. The molecule has 0 radical (unpaired) electrons. The maximum absolute atomic E-state index is 2.43. The average Bonchev–Trinajstić information content (AvgIpc) is 3.54. The van der Waals surface area contributed by atoms with Gasteiger partial charge in [-0.1, -0.05) is 133 Å². The van der Waals surface area contributed by atoms with Crippen molar-refractivity contribution in [3.05, 3.63) is 194 Å². The SMILES string of the molecule is c1ccc(-c2ccc(N(c3ccc(-c4ccccc4)cc3)c3ccc(-n4c5cccc6c7ccccc7c7cccc4c7c65)cc3)cc2)cc1. The van der Waals surface area contributed by atoms with Crippen molar-refractivity contribution in [2.75, 3.05) is 4.90 Å². The Bertz CT molecular complexity index is 2590. The molecular weight excluding hydrogens is 605 g/mol. The van der Waals surface area contributed by atoms with Gasteiger partial charge in [0.15, 0.2) is 0 Å². The van der Waals surface area contributed by atoms with E-state index in [0.717, 1.165) is 22.7 Å². The van der Waals surface area contributed by atoms with E-state index in [9.17, 15) is 0 Å². The van der Waals surface area contributed by atoms with Crippen molar-refractivity contribution >= 4 is 60.4 Å². The van der Waals surface area contributed by atoms with Crippen LogP contribution in [0.5, 0.6) is 0 Å². The molecule has 1 aromatic heterocycles. The molecule has 10 rings (SSSR count). The third-order valence-corrected chi connectivity index (χ3v) is 10.2. The minimum Gasteiger partial charge on any atom is -0.311 e. The highest BCUT2D eigenvalue weighted by molar-refractivity contribution is 6.34. The van der Waals surface area contributed by atoms with Crippen LogP contribution in [0.2, 0.25) is 0 Å². The molecule has 0 atom stereocenters. The second-order valence-electron chi connectivity index (χ2n) is 13.0. The second kappa shape index (κ2) is 11.5. The largest absolute Gasteiger partial charge is 0.311 e. The van der Waals surface area contributed by atoms with Gasteiger partial charge in [-0.3, -0.25) is 0 Å². The molecule has 10 aromatic rings. The molecule has 2 heteroatoms. The monoisotopic (exact) mass is 636 g/mol. The fourth-order valence-electron chi connectivity index (χ4n) is 7.85. The van der Waals surface area contributed by atoms with Gasteiger partial charge in [0.1, 0.15) is 0 Å². The summed E-state index contributed by atoms with van der Waals surface area (Å²) in [6, 6.07) is 70.2. The first-order valence-corrected chi connectivity index (χ1v) is 17.2. The first kappa shape index (κ1) is 28.4. The maximum atomic E-state index is 2.43. The number of benzene rings is 9. The summed E-state index contributed by atoms with van der Waals surface area (Å²) in [6.45, 7) is 0. The van der Waals surface area contributed by atoms with E-state index in [-0.39, 0.29) is 0 Å². The van der Waals surface area contributed by atoms with Crippen LogP contribution < -0.4 is 4.90 Å². The van der Waals surface area contributed by atoms with Crippen LogP contribution in [-0.2, 0) is 0 Å². The molecule has 0 spiro atoms. The molecule has 0 amide bonds. The van der Waals surface area contributed by atoms with E-state index in [1.54, 1.807) is 0 Å². The number of nitrogens with zero attached hydrogens (tertiary/aromatic N) is 2. The summed E-state index contributed by atoms with van der Waals surface area (Å²) in [5, 5.41) is 7.89. The van der Waals surface area contributed by atoms with Crippen molar-refractivity contribution < 1.29 is 0 Å². The van der Waals surface area contributed by atoms with Gasteiger partial charge in [0.2, 0.25) is 0 Å². The summed E-state index contributed by atoms with van der Waals surface area (Å²) in [5.74, 6) is 0. The Kier molecular flexibility index (Phi) is 6.53. The second-order valence-corrected chi connectivity index (χ2v) is 13.0. The summed E-state index contributed by atoms with van der Waals surface area (Å²) < 4.78 is 2.43. The minimum atomic E-state index is 1.10. The van der Waals surface area contributed by atoms with Gasteiger partial charge >= 0.3 is 0 Å². The zero-order valence-electron chi connectivity index (χ0n) is 27.4. The third kappa shape index (κ3) is 4.50. The fourth-order valence-corrected chi connectivity index (χ4v) is 7.85. The number of anilines is 3. The van der Waals surface area contributed by atoms with Gasteiger partial charge in [0, 0.05) is 33.5 Å². The Morgan fingerprint density at radius 1 is 0.280 bits per heavy atom. The van der Waals surface area contributed by atoms with Crippen molar-refractivity contribution in [3.8, 4) is 27.9 Å². The van der Waals surface area contributed by atoms with Gasteiger partial charge in [0.05, 0.1) is 11.0 Å². The van der Waals surface area contributed by atoms with Crippen LogP contribution in [0.15, 0.2) is 194 Å². The summed E-state index contributed by atoms with van der Waals surface area (Å²) in [7, 11) is 0. The maximum Gasteiger partial charge on any atom is 0.0547 e. The van der Waals surface area contributed by atoms with Gasteiger partial charge in [0.25, 0.3) is 0 Å². The molecule has 0 aliphatic rings. The summed E-state index contributed by atoms with van der Waals surface area (Å²) >= 11 is 0. The highest BCUT2D eigenvalue weighted by atomic mass is 15.1. The molecule has 0 aliphatic carbocycles. The lowest BCUT2D eigenvalue weighted by Gasteiger charge is -2.26. The predicted octanol–water partition coefficient (Wildman–Crippen LogP) is 13.3. The highest BCUT2D eigenvalue weighted by Crippen LogP contribution is 2.44. The molecule has 0 bridgehead atoms. The van der Waals surface area contributed by atoms with Crippen molar-refractivity contribution in [3.63, 3.8) is 0 Å². The molecular formula is C48H32N2. The van der Waals surface area contributed by atoms with Crippen molar-refractivity contribution in [1.29, 1.82) is 0 Å². The number of rotatable bonds is 6. The van der Waals surface area contributed by atoms with Crippen LogP contribution in [0.3, 0.4) is 0 Å². The molecule has 234 valence electrons. The first-order valence-electron chi connectivity index (χ1n) is 17.2. The topological polar surface area (TPSA) is 8.17 Å². The lowest BCUT2D eigenvalue weighted by Crippen LogP contribution is -2.10. The smallest absolute Gasteiger partial charge is 0.0547 e. The number of hydrogen-bond donors (Lipinski definition) is 0. The van der Waals surface area contributed by atoms with Gasteiger partial charge in [-0.05, 0) is 104 Å². The molecule has 0 fully saturated rings. The number of aromatic nitrogens is 1. The van der Waals surface area contributed by atoms with Crippen LogP contribution in [0, 0.1) is 0 Å². The quantitative estimate of drug-likeness (QED) is 0.165.